The number of alkyl halides is 6. The third-order valence-corrected chi connectivity index (χ3v) is 4.83. The fourth-order valence-electron chi connectivity index (χ4n) is 1.72. The summed E-state index contributed by atoms with van der Waals surface area (Å²) in [4.78, 5) is 0. The first-order chi connectivity index (χ1) is 7.46. The zero-order chi connectivity index (χ0) is 13.9. The van der Waals surface area contributed by atoms with Crippen LogP contribution in [0.3, 0.4) is 0 Å². The van der Waals surface area contributed by atoms with E-state index in [1.807, 2.05) is 13.8 Å². The zero-order valence-electron chi connectivity index (χ0n) is 10.2. The molecular formula is C11H18Cl6. The summed E-state index contributed by atoms with van der Waals surface area (Å²) in [5.74, 6) is -0.296. The molecule has 0 bridgehead atoms. The van der Waals surface area contributed by atoms with Crippen LogP contribution in [0.25, 0.3) is 0 Å². The first kappa shape index (κ1) is 18.7. The third-order valence-electron chi connectivity index (χ3n) is 2.71. The Morgan fingerprint density at radius 2 is 1.41 bits per heavy atom. The molecule has 6 heteroatoms. The Hall–Kier alpha value is 1.74. The van der Waals surface area contributed by atoms with E-state index in [0.717, 1.165) is 6.42 Å². The van der Waals surface area contributed by atoms with Crippen LogP contribution < -0.4 is 0 Å². The average Bonchev–Trinajstić information content (AvgIpc) is 2.10. The van der Waals surface area contributed by atoms with Crippen LogP contribution in [-0.4, -0.2) is 13.0 Å². The fraction of sp³-hybridized carbons (Fsp3) is 1.00. The third kappa shape index (κ3) is 6.63. The topological polar surface area (TPSA) is 0 Å². The highest BCUT2D eigenvalue weighted by atomic mass is 35.5. The molecule has 0 saturated carbocycles. The molecule has 0 amide bonds. The van der Waals surface area contributed by atoms with Gasteiger partial charge in [0.15, 0.2) is 0 Å². The molecule has 104 valence electrons. The Bertz CT molecular complexity index is 231. The van der Waals surface area contributed by atoms with Gasteiger partial charge in [-0.1, -0.05) is 20.3 Å². The second kappa shape index (κ2) is 6.95. The lowest BCUT2D eigenvalue weighted by Crippen LogP contribution is -2.40. The lowest BCUT2D eigenvalue weighted by atomic mass is 9.92. The molecule has 0 aliphatic rings. The quantitative estimate of drug-likeness (QED) is 0.439. The first-order valence-corrected chi connectivity index (χ1v) is 7.86. The molecule has 0 heterocycles. The highest BCUT2D eigenvalue weighted by Gasteiger charge is 2.48. The van der Waals surface area contributed by atoms with Crippen LogP contribution in [-0.2, 0) is 0 Å². The molecule has 0 saturated heterocycles. The van der Waals surface area contributed by atoms with Crippen molar-refractivity contribution in [2.75, 3.05) is 0 Å². The van der Waals surface area contributed by atoms with Crippen LogP contribution in [0.15, 0.2) is 0 Å². The maximum atomic E-state index is 6.36. The number of rotatable bonds is 7. The van der Waals surface area contributed by atoms with Gasteiger partial charge in [0, 0.05) is 12.3 Å². The number of halogens is 6. The smallest absolute Gasteiger partial charge is 0.102 e. The van der Waals surface area contributed by atoms with E-state index in [-0.39, 0.29) is 12.3 Å². The summed E-state index contributed by atoms with van der Waals surface area (Å²) in [6.07, 6.45) is 2.37. The van der Waals surface area contributed by atoms with Crippen molar-refractivity contribution in [3.63, 3.8) is 0 Å². The molecular weight excluding hydrogens is 345 g/mol. The summed E-state index contributed by atoms with van der Waals surface area (Å²) >= 11 is 37.2. The van der Waals surface area contributed by atoms with E-state index < -0.39 is 13.0 Å². The SMILES string of the molecule is CCCC(C(C)(Cl)Cl)C(Cl)(Cl)CC(Cl)(Cl)CC. The van der Waals surface area contributed by atoms with Crippen molar-refractivity contribution in [3.05, 3.63) is 0 Å². The maximum absolute atomic E-state index is 6.36. The van der Waals surface area contributed by atoms with Gasteiger partial charge in [-0.25, -0.2) is 0 Å². The minimum atomic E-state index is -1.15. The second-order valence-electron chi connectivity index (χ2n) is 4.44. The monoisotopic (exact) mass is 360 g/mol. The van der Waals surface area contributed by atoms with E-state index in [4.69, 9.17) is 69.6 Å². The summed E-state index contributed by atoms with van der Waals surface area (Å²) in [7, 11) is 0. The van der Waals surface area contributed by atoms with Crippen molar-refractivity contribution in [1.29, 1.82) is 0 Å². The molecule has 0 aromatic rings. The van der Waals surface area contributed by atoms with Crippen LogP contribution in [0.4, 0.5) is 0 Å². The van der Waals surface area contributed by atoms with Gasteiger partial charge in [-0.3, -0.25) is 0 Å². The van der Waals surface area contributed by atoms with Crippen LogP contribution >= 0.6 is 69.6 Å². The van der Waals surface area contributed by atoms with Crippen molar-refractivity contribution < 1.29 is 0 Å². The Balaban J connectivity index is 4.96. The van der Waals surface area contributed by atoms with Gasteiger partial charge >= 0.3 is 0 Å². The van der Waals surface area contributed by atoms with E-state index in [9.17, 15) is 0 Å². The van der Waals surface area contributed by atoms with Gasteiger partial charge in [0.05, 0.1) is 0 Å². The molecule has 0 aromatic carbocycles. The van der Waals surface area contributed by atoms with Crippen LogP contribution in [0.1, 0.15) is 46.5 Å². The summed E-state index contributed by atoms with van der Waals surface area (Å²) in [6.45, 7) is 5.58. The van der Waals surface area contributed by atoms with Crippen molar-refractivity contribution in [1.82, 2.24) is 0 Å². The van der Waals surface area contributed by atoms with Crippen molar-refractivity contribution >= 4 is 69.6 Å². The largest absolute Gasteiger partial charge is 0.126 e. The molecule has 0 aromatic heterocycles. The van der Waals surface area contributed by atoms with Gasteiger partial charge in [-0.05, 0) is 19.8 Å². The molecule has 17 heavy (non-hydrogen) atoms. The van der Waals surface area contributed by atoms with E-state index in [0.29, 0.717) is 12.8 Å². The summed E-state index contributed by atoms with van der Waals surface area (Å²) in [5.41, 5.74) is 0. The summed E-state index contributed by atoms with van der Waals surface area (Å²) in [6, 6.07) is 0. The predicted octanol–water partition coefficient (Wildman–Crippen LogP) is 6.74. The molecule has 0 nitrogen and oxygen atoms in total. The van der Waals surface area contributed by atoms with Gasteiger partial charge in [-0.15, -0.1) is 69.6 Å². The Morgan fingerprint density at radius 3 is 1.71 bits per heavy atom. The zero-order valence-corrected chi connectivity index (χ0v) is 14.7. The molecule has 0 spiro atoms. The van der Waals surface area contributed by atoms with E-state index in [2.05, 4.69) is 0 Å². The molecule has 0 rings (SSSR count). The molecule has 0 fully saturated rings. The Kier molecular flexibility index (Phi) is 7.66. The van der Waals surface area contributed by atoms with E-state index in [1.165, 1.54) is 0 Å². The Morgan fingerprint density at radius 1 is 0.941 bits per heavy atom. The van der Waals surface area contributed by atoms with E-state index in [1.54, 1.807) is 6.92 Å². The molecule has 0 aliphatic heterocycles. The van der Waals surface area contributed by atoms with Gasteiger partial charge in [0.1, 0.15) is 13.0 Å². The number of hydrogen-bond acceptors (Lipinski definition) is 0. The van der Waals surface area contributed by atoms with E-state index >= 15 is 0 Å². The van der Waals surface area contributed by atoms with Gasteiger partial charge in [0.2, 0.25) is 0 Å². The molecule has 0 N–H and O–H groups in total. The molecule has 1 atom stereocenters. The Labute approximate surface area is 134 Å². The van der Waals surface area contributed by atoms with Gasteiger partial charge < -0.3 is 0 Å². The van der Waals surface area contributed by atoms with Crippen molar-refractivity contribution in [2.24, 2.45) is 5.92 Å². The normalized spacial score (nSPS) is 16.1. The van der Waals surface area contributed by atoms with Crippen LogP contribution in [0.5, 0.6) is 0 Å². The lowest BCUT2D eigenvalue weighted by molar-refractivity contribution is 0.365. The molecule has 0 aliphatic carbocycles. The molecule has 1 unspecified atom stereocenters. The summed E-state index contributed by atoms with van der Waals surface area (Å²) in [5, 5.41) is 0. The van der Waals surface area contributed by atoms with Crippen LogP contribution in [0, 0.1) is 5.92 Å². The number of hydrogen-bond donors (Lipinski definition) is 0. The predicted molar refractivity (Wildman–Crippen MR) is 82.3 cm³/mol. The standard InChI is InChI=1S/C11H18Cl6/c1-4-6-8(9(3,12)13)11(16,17)7-10(14,15)5-2/h8H,4-7H2,1-3H3. The van der Waals surface area contributed by atoms with Gasteiger partial charge in [-0.2, -0.15) is 0 Å². The first-order valence-electron chi connectivity index (χ1n) is 5.59. The fourth-order valence-corrected chi connectivity index (χ4v) is 4.34. The van der Waals surface area contributed by atoms with Crippen molar-refractivity contribution in [2.45, 2.75) is 59.5 Å². The average molecular weight is 363 g/mol. The summed E-state index contributed by atoms with van der Waals surface area (Å²) < 4.78 is -3.13. The lowest BCUT2D eigenvalue weighted by Gasteiger charge is -2.38. The second-order valence-corrected chi connectivity index (χ2v) is 9.39. The highest BCUT2D eigenvalue weighted by Crippen LogP contribution is 2.51. The van der Waals surface area contributed by atoms with Crippen LogP contribution in [0.2, 0.25) is 0 Å². The minimum Gasteiger partial charge on any atom is -0.102 e. The maximum Gasteiger partial charge on any atom is 0.126 e. The minimum absolute atomic E-state index is 0.225. The highest BCUT2D eigenvalue weighted by molar-refractivity contribution is 6.54. The van der Waals surface area contributed by atoms with Crippen molar-refractivity contribution in [3.8, 4) is 0 Å². The van der Waals surface area contributed by atoms with Gasteiger partial charge in [0.25, 0.3) is 0 Å². The molecule has 0 radical (unpaired) electrons.